The van der Waals surface area contributed by atoms with Crippen LogP contribution < -0.4 is 5.32 Å². The van der Waals surface area contributed by atoms with Gasteiger partial charge in [0.15, 0.2) is 11.6 Å². The van der Waals surface area contributed by atoms with Gasteiger partial charge in [-0.2, -0.15) is 0 Å². The quantitative estimate of drug-likeness (QED) is 0.898. The van der Waals surface area contributed by atoms with E-state index in [2.05, 4.69) is 5.32 Å². The van der Waals surface area contributed by atoms with Crippen LogP contribution in [0.1, 0.15) is 42.5 Å². The lowest BCUT2D eigenvalue weighted by molar-refractivity contribution is -0.141. The van der Waals surface area contributed by atoms with Crippen LogP contribution >= 0.6 is 0 Å². The summed E-state index contributed by atoms with van der Waals surface area (Å²) in [6.07, 6.45) is 4.44. The first-order valence-corrected chi connectivity index (χ1v) is 6.98. The first-order chi connectivity index (χ1) is 9.99. The number of nitrogens with one attached hydrogen (secondary N) is 1. The average Bonchev–Trinajstić information content (AvgIpc) is 2.48. The van der Waals surface area contributed by atoms with Gasteiger partial charge in [0.25, 0.3) is 5.91 Å². The van der Waals surface area contributed by atoms with Gasteiger partial charge in [-0.05, 0) is 37.0 Å². The molecule has 2 N–H and O–H groups in total. The van der Waals surface area contributed by atoms with E-state index in [1.165, 1.54) is 0 Å². The summed E-state index contributed by atoms with van der Waals surface area (Å²) >= 11 is 0. The molecular formula is C15H17F2NO3. The van der Waals surface area contributed by atoms with Gasteiger partial charge in [0.2, 0.25) is 0 Å². The number of halogens is 2. The molecule has 1 aromatic carbocycles. The van der Waals surface area contributed by atoms with Crippen molar-refractivity contribution < 1.29 is 23.5 Å². The second kappa shape index (κ2) is 6.65. The number of benzene rings is 1. The highest BCUT2D eigenvalue weighted by Crippen LogP contribution is 2.26. The third-order valence-corrected chi connectivity index (χ3v) is 3.86. The Morgan fingerprint density at radius 1 is 1.14 bits per heavy atom. The molecule has 4 nitrogen and oxygen atoms in total. The van der Waals surface area contributed by atoms with E-state index in [9.17, 15) is 23.5 Å². The van der Waals surface area contributed by atoms with Crippen molar-refractivity contribution >= 4 is 11.9 Å². The molecule has 1 aliphatic carbocycles. The van der Waals surface area contributed by atoms with Gasteiger partial charge in [-0.1, -0.05) is 19.3 Å². The second-order valence-electron chi connectivity index (χ2n) is 5.32. The lowest BCUT2D eigenvalue weighted by Crippen LogP contribution is -2.46. The smallest absolute Gasteiger partial charge is 0.326 e. The average molecular weight is 297 g/mol. The number of carbonyl (C=O) groups is 2. The van der Waals surface area contributed by atoms with Gasteiger partial charge in [-0.3, -0.25) is 4.79 Å². The summed E-state index contributed by atoms with van der Waals surface area (Å²) in [7, 11) is 0. The van der Waals surface area contributed by atoms with Gasteiger partial charge >= 0.3 is 5.97 Å². The molecule has 0 aromatic heterocycles. The van der Waals surface area contributed by atoms with E-state index in [0.29, 0.717) is 0 Å². The molecule has 0 aliphatic heterocycles. The minimum atomic E-state index is -1.13. The van der Waals surface area contributed by atoms with Crippen LogP contribution in [0.2, 0.25) is 0 Å². The predicted molar refractivity (Wildman–Crippen MR) is 71.8 cm³/mol. The summed E-state index contributed by atoms with van der Waals surface area (Å²) in [6.45, 7) is 0. The molecule has 0 saturated heterocycles. The molecule has 1 fully saturated rings. The molecule has 21 heavy (non-hydrogen) atoms. The van der Waals surface area contributed by atoms with Gasteiger partial charge in [-0.15, -0.1) is 0 Å². The molecule has 2 rings (SSSR count). The summed E-state index contributed by atoms with van der Waals surface area (Å²) in [5.41, 5.74) is -0.0871. The third-order valence-electron chi connectivity index (χ3n) is 3.86. The van der Waals surface area contributed by atoms with E-state index >= 15 is 0 Å². The van der Waals surface area contributed by atoms with E-state index in [1.807, 2.05) is 0 Å². The van der Waals surface area contributed by atoms with Crippen molar-refractivity contribution in [2.24, 2.45) is 5.92 Å². The topological polar surface area (TPSA) is 66.4 Å². The Morgan fingerprint density at radius 3 is 2.38 bits per heavy atom. The van der Waals surface area contributed by atoms with Gasteiger partial charge in [0.05, 0.1) is 0 Å². The zero-order valence-corrected chi connectivity index (χ0v) is 11.4. The SMILES string of the molecule is O=C(N[C@H](C(=O)O)C1CCCCC1)c1ccc(F)c(F)c1. The Morgan fingerprint density at radius 2 is 1.81 bits per heavy atom. The van der Waals surface area contributed by atoms with Crippen molar-refractivity contribution in [2.45, 2.75) is 38.1 Å². The molecule has 0 spiro atoms. The van der Waals surface area contributed by atoms with Crippen LogP contribution in [-0.2, 0) is 4.79 Å². The molecule has 1 aliphatic rings. The third kappa shape index (κ3) is 3.77. The highest BCUT2D eigenvalue weighted by atomic mass is 19.2. The lowest BCUT2D eigenvalue weighted by Gasteiger charge is -2.28. The molecule has 6 heteroatoms. The maximum absolute atomic E-state index is 13.1. The van der Waals surface area contributed by atoms with Crippen LogP contribution in [0.5, 0.6) is 0 Å². The van der Waals surface area contributed by atoms with E-state index in [0.717, 1.165) is 50.3 Å². The minimum Gasteiger partial charge on any atom is -0.480 e. The molecule has 1 atom stereocenters. The van der Waals surface area contributed by atoms with Crippen LogP contribution in [0.15, 0.2) is 18.2 Å². The lowest BCUT2D eigenvalue weighted by atomic mass is 9.84. The summed E-state index contributed by atoms with van der Waals surface area (Å²) in [4.78, 5) is 23.3. The van der Waals surface area contributed by atoms with Gasteiger partial charge in [-0.25, -0.2) is 13.6 Å². The van der Waals surface area contributed by atoms with Crippen molar-refractivity contribution in [1.29, 1.82) is 0 Å². The number of carbonyl (C=O) groups excluding carboxylic acids is 1. The molecule has 0 radical (unpaired) electrons. The Labute approximate surface area is 121 Å². The highest BCUT2D eigenvalue weighted by molar-refractivity contribution is 5.96. The monoisotopic (exact) mass is 297 g/mol. The molecule has 114 valence electrons. The van der Waals surface area contributed by atoms with Crippen LogP contribution in [0, 0.1) is 17.6 Å². The molecule has 1 amide bonds. The van der Waals surface area contributed by atoms with Crippen molar-refractivity contribution in [3.8, 4) is 0 Å². The Balaban J connectivity index is 2.10. The molecular weight excluding hydrogens is 280 g/mol. The first kappa shape index (κ1) is 15.4. The maximum atomic E-state index is 13.1. The largest absolute Gasteiger partial charge is 0.480 e. The fraction of sp³-hybridized carbons (Fsp3) is 0.467. The molecule has 1 saturated carbocycles. The van der Waals surface area contributed by atoms with E-state index in [4.69, 9.17) is 0 Å². The van der Waals surface area contributed by atoms with Crippen molar-refractivity contribution in [2.75, 3.05) is 0 Å². The molecule has 0 bridgehead atoms. The summed E-state index contributed by atoms with van der Waals surface area (Å²) in [5, 5.41) is 11.7. The summed E-state index contributed by atoms with van der Waals surface area (Å²) in [6, 6.07) is 1.75. The van der Waals surface area contributed by atoms with Crippen molar-refractivity contribution in [3.05, 3.63) is 35.4 Å². The second-order valence-corrected chi connectivity index (χ2v) is 5.32. The summed E-state index contributed by atoms with van der Waals surface area (Å²) in [5.74, 6) is -4.10. The maximum Gasteiger partial charge on any atom is 0.326 e. The van der Waals surface area contributed by atoms with Crippen LogP contribution in [0.4, 0.5) is 8.78 Å². The number of carboxylic acid groups (broad SMARTS) is 1. The van der Waals surface area contributed by atoms with Crippen LogP contribution in [-0.4, -0.2) is 23.0 Å². The van der Waals surface area contributed by atoms with Crippen molar-refractivity contribution in [3.63, 3.8) is 0 Å². The summed E-state index contributed by atoms with van der Waals surface area (Å²) < 4.78 is 26.0. The van der Waals surface area contributed by atoms with E-state index in [1.54, 1.807) is 0 Å². The van der Waals surface area contributed by atoms with E-state index < -0.39 is 29.6 Å². The number of rotatable bonds is 4. The zero-order valence-electron chi connectivity index (χ0n) is 11.4. The van der Waals surface area contributed by atoms with Crippen molar-refractivity contribution in [1.82, 2.24) is 5.32 Å². The molecule has 0 unspecified atom stereocenters. The van der Waals surface area contributed by atoms with Crippen LogP contribution in [0.25, 0.3) is 0 Å². The van der Waals surface area contributed by atoms with Gasteiger partial charge in [0, 0.05) is 5.56 Å². The number of hydrogen-bond acceptors (Lipinski definition) is 2. The van der Waals surface area contributed by atoms with Gasteiger partial charge in [0.1, 0.15) is 6.04 Å². The Bertz CT molecular complexity index is 542. The van der Waals surface area contributed by atoms with E-state index in [-0.39, 0.29) is 11.5 Å². The molecule has 1 aromatic rings. The van der Waals surface area contributed by atoms with Crippen LogP contribution in [0.3, 0.4) is 0 Å². The normalized spacial score (nSPS) is 17.2. The minimum absolute atomic E-state index is 0.0871. The standard InChI is InChI=1S/C15H17F2NO3/c16-11-7-6-10(8-12(11)17)14(19)18-13(15(20)21)9-4-2-1-3-5-9/h6-9,13H,1-5H2,(H,18,19)(H,20,21)/t13-/m0/s1. The fourth-order valence-electron chi connectivity index (χ4n) is 2.71. The predicted octanol–water partition coefficient (Wildman–Crippen LogP) is 2.73. The number of aliphatic carboxylic acids is 1. The molecule has 0 heterocycles. The number of carboxylic acids is 1. The Hall–Kier alpha value is -1.98. The van der Waals surface area contributed by atoms with Gasteiger partial charge < -0.3 is 10.4 Å². The zero-order chi connectivity index (χ0) is 15.4. The fourth-order valence-corrected chi connectivity index (χ4v) is 2.71. The highest BCUT2D eigenvalue weighted by Gasteiger charge is 2.31. The Kier molecular flexibility index (Phi) is 4.88. The number of hydrogen-bond donors (Lipinski definition) is 2. The number of amides is 1. The first-order valence-electron chi connectivity index (χ1n) is 6.98.